The summed E-state index contributed by atoms with van der Waals surface area (Å²) in [4.78, 5) is 28.0. The number of ether oxygens (including phenoxy) is 1. The van der Waals surface area contributed by atoms with Crippen LogP contribution < -0.4 is 5.32 Å². The van der Waals surface area contributed by atoms with Gasteiger partial charge >= 0.3 is 5.97 Å². The van der Waals surface area contributed by atoms with E-state index in [0.29, 0.717) is 5.69 Å². The van der Waals surface area contributed by atoms with Crippen LogP contribution in [0.5, 0.6) is 0 Å². The van der Waals surface area contributed by atoms with Crippen molar-refractivity contribution in [1.82, 2.24) is 4.98 Å². The van der Waals surface area contributed by atoms with E-state index >= 15 is 0 Å². The Kier molecular flexibility index (Phi) is 6.32. The minimum absolute atomic E-state index is 0.0155. The van der Waals surface area contributed by atoms with Gasteiger partial charge in [0, 0.05) is 6.20 Å². The molecule has 2 aromatic rings. The van der Waals surface area contributed by atoms with E-state index in [1.54, 1.807) is 12.1 Å². The third-order valence-electron chi connectivity index (χ3n) is 3.54. The summed E-state index contributed by atoms with van der Waals surface area (Å²) >= 11 is 5.88. The Morgan fingerprint density at radius 1 is 1.17 bits per heavy atom. The van der Waals surface area contributed by atoms with Gasteiger partial charge in [-0.3, -0.25) is 9.59 Å². The van der Waals surface area contributed by atoms with Gasteiger partial charge in [0.1, 0.15) is 0 Å². The lowest BCUT2D eigenvalue weighted by atomic mass is 9.98. The van der Waals surface area contributed by atoms with Gasteiger partial charge in [-0.15, -0.1) is 0 Å². The second-order valence-corrected chi connectivity index (χ2v) is 5.84. The predicted molar refractivity (Wildman–Crippen MR) is 92.9 cm³/mol. The quantitative estimate of drug-likeness (QED) is 0.638. The molecule has 0 spiro atoms. The van der Waals surface area contributed by atoms with Gasteiger partial charge in [0.2, 0.25) is 0 Å². The molecule has 0 bridgehead atoms. The highest BCUT2D eigenvalue weighted by Gasteiger charge is 2.20. The van der Waals surface area contributed by atoms with Crippen LogP contribution in [0.15, 0.2) is 48.7 Å². The van der Waals surface area contributed by atoms with E-state index < -0.39 is 18.0 Å². The van der Waals surface area contributed by atoms with Gasteiger partial charge in [-0.1, -0.05) is 48.9 Å². The lowest BCUT2D eigenvalue weighted by Crippen LogP contribution is -2.30. The summed E-state index contributed by atoms with van der Waals surface area (Å²) in [5.74, 6) is -0.862. The van der Waals surface area contributed by atoms with Gasteiger partial charge in [-0.2, -0.15) is 0 Å². The number of benzene rings is 1. The van der Waals surface area contributed by atoms with Crippen LogP contribution in [0.3, 0.4) is 0 Å². The second kappa shape index (κ2) is 8.45. The molecule has 2 atom stereocenters. The zero-order valence-electron chi connectivity index (χ0n) is 13.5. The van der Waals surface area contributed by atoms with E-state index in [2.05, 4.69) is 10.3 Å². The fourth-order valence-corrected chi connectivity index (χ4v) is 2.33. The maximum absolute atomic E-state index is 12.1. The molecule has 126 valence electrons. The molecule has 0 aliphatic rings. The molecule has 2 rings (SSSR count). The molecule has 24 heavy (non-hydrogen) atoms. The SMILES string of the molecule is C[C@H](OC(=O)C[C@H](C)c1ccccc1)C(=O)Nc1cccnc1Cl. The molecular weight excluding hydrogens is 328 g/mol. The van der Waals surface area contributed by atoms with Crippen LogP contribution in [0.1, 0.15) is 31.7 Å². The van der Waals surface area contributed by atoms with Crippen molar-refractivity contribution in [3.05, 3.63) is 59.4 Å². The van der Waals surface area contributed by atoms with E-state index in [4.69, 9.17) is 16.3 Å². The van der Waals surface area contributed by atoms with E-state index in [9.17, 15) is 9.59 Å². The largest absolute Gasteiger partial charge is 0.453 e. The first-order chi connectivity index (χ1) is 11.5. The number of rotatable bonds is 6. The average molecular weight is 347 g/mol. The lowest BCUT2D eigenvalue weighted by Gasteiger charge is -2.16. The van der Waals surface area contributed by atoms with Crippen LogP contribution in [0.4, 0.5) is 5.69 Å². The molecule has 0 saturated carbocycles. The second-order valence-electron chi connectivity index (χ2n) is 5.48. The Bertz CT molecular complexity index is 706. The number of amides is 1. The zero-order valence-corrected chi connectivity index (χ0v) is 14.3. The van der Waals surface area contributed by atoms with E-state index in [1.807, 2.05) is 37.3 Å². The average Bonchev–Trinajstić information content (AvgIpc) is 2.57. The monoisotopic (exact) mass is 346 g/mol. The number of carbonyl (C=O) groups is 2. The van der Waals surface area contributed by atoms with Crippen molar-refractivity contribution in [2.75, 3.05) is 5.32 Å². The highest BCUT2D eigenvalue weighted by Crippen LogP contribution is 2.20. The van der Waals surface area contributed by atoms with Crippen molar-refractivity contribution in [2.45, 2.75) is 32.3 Å². The highest BCUT2D eigenvalue weighted by atomic mass is 35.5. The van der Waals surface area contributed by atoms with Gasteiger partial charge in [-0.25, -0.2) is 4.98 Å². The number of anilines is 1. The number of hydrogen-bond acceptors (Lipinski definition) is 4. The van der Waals surface area contributed by atoms with E-state index in [-0.39, 0.29) is 17.5 Å². The summed E-state index contributed by atoms with van der Waals surface area (Å²) in [6.07, 6.45) is 0.804. The Balaban J connectivity index is 1.87. The third-order valence-corrected chi connectivity index (χ3v) is 3.84. The molecule has 1 N–H and O–H groups in total. The summed E-state index contributed by atoms with van der Waals surface area (Å²) in [7, 11) is 0. The molecule has 1 heterocycles. The van der Waals surface area contributed by atoms with Crippen LogP contribution in [-0.4, -0.2) is 23.0 Å². The number of nitrogens with one attached hydrogen (secondary N) is 1. The minimum atomic E-state index is -0.920. The Morgan fingerprint density at radius 3 is 2.54 bits per heavy atom. The first-order valence-electron chi connectivity index (χ1n) is 7.63. The molecule has 1 amide bonds. The first kappa shape index (κ1) is 17.9. The summed E-state index contributed by atoms with van der Waals surface area (Å²) in [5, 5.41) is 2.77. The van der Waals surface area contributed by atoms with Gasteiger partial charge in [0.25, 0.3) is 5.91 Å². The van der Waals surface area contributed by atoms with Crippen molar-refractivity contribution in [3.63, 3.8) is 0 Å². The van der Waals surface area contributed by atoms with Crippen molar-refractivity contribution in [2.24, 2.45) is 0 Å². The first-order valence-corrected chi connectivity index (χ1v) is 8.01. The molecule has 1 aromatic heterocycles. The van der Waals surface area contributed by atoms with Gasteiger partial charge < -0.3 is 10.1 Å². The summed E-state index contributed by atoms with van der Waals surface area (Å²) < 4.78 is 5.20. The zero-order chi connectivity index (χ0) is 17.5. The van der Waals surface area contributed by atoms with Crippen molar-refractivity contribution in [3.8, 4) is 0 Å². The number of nitrogens with zero attached hydrogens (tertiary/aromatic N) is 1. The minimum Gasteiger partial charge on any atom is -0.453 e. The molecule has 6 heteroatoms. The Hall–Kier alpha value is -2.40. The topological polar surface area (TPSA) is 68.3 Å². The van der Waals surface area contributed by atoms with Gasteiger partial charge in [0.05, 0.1) is 12.1 Å². The van der Waals surface area contributed by atoms with Crippen molar-refractivity contribution in [1.29, 1.82) is 0 Å². The number of halogens is 1. The highest BCUT2D eigenvalue weighted by molar-refractivity contribution is 6.32. The van der Waals surface area contributed by atoms with E-state index in [1.165, 1.54) is 13.1 Å². The van der Waals surface area contributed by atoms with Crippen LogP contribution in [-0.2, 0) is 14.3 Å². The normalized spacial score (nSPS) is 13.0. The smallest absolute Gasteiger partial charge is 0.307 e. The third kappa shape index (κ3) is 5.06. The molecule has 1 aromatic carbocycles. The number of carbonyl (C=O) groups excluding carboxylic acids is 2. The van der Waals surface area contributed by atoms with Crippen molar-refractivity contribution >= 4 is 29.2 Å². The maximum atomic E-state index is 12.1. The molecule has 0 aliphatic carbocycles. The molecule has 0 fully saturated rings. The van der Waals surface area contributed by atoms with Gasteiger partial charge in [-0.05, 0) is 30.5 Å². The van der Waals surface area contributed by atoms with Crippen LogP contribution in [0, 0.1) is 0 Å². The van der Waals surface area contributed by atoms with Crippen LogP contribution >= 0.6 is 11.6 Å². The lowest BCUT2D eigenvalue weighted by molar-refractivity contribution is -0.153. The molecular formula is C18H19ClN2O3. The standard InChI is InChI=1S/C18H19ClN2O3/c1-12(14-7-4-3-5-8-14)11-16(22)24-13(2)18(23)21-15-9-6-10-20-17(15)19/h3-10,12-13H,11H2,1-2H3,(H,21,23)/t12-,13-/m0/s1. The van der Waals surface area contributed by atoms with Gasteiger partial charge in [0.15, 0.2) is 11.3 Å². The van der Waals surface area contributed by atoms with E-state index in [0.717, 1.165) is 5.56 Å². The maximum Gasteiger partial charge on any atom is 0.307 e. The number of esters is 1. The summed E-state index contributed by atoms with van der Waals surface area (Å²) in [6, 6.07) is 13.0. The molecule has 0 unspecified atom stereocenters. The van der Waals surface area contributed by atoms with Crippen LogP contribution in [0.2, 0.25) is 5.15 Å². The summed E-state index contributed by atoms with van der Waals surface area (Å²) in [6.45, 7) is 3.46. The number of aromatic nitrogens is 1. The summed E-state index contributed by atoms with van der Waals surface area (Å²) in [5.41, 5.74) is 1.43. The Morgan fingerprint density at radius 2 is 1.88 bits per heavy atom. The molecule has 0 radical (unpaired) electrons. The number of hydrogen-bond donors (Lipinski definition) is 1. The fraction of sp³-hybridized carbons (Fsp3) is 0.278. The van der Waals surface area contributed by atoms with Crippen LogP contribution in [0.25, 0.3) is 0 Å². The van der Waals surface area contributed by atoms with Crippen molar-refractivity contribution < 1.29 is 14.3 Å². The Labute approximate surface area is 146 Å². The predicted octanol–water partition coefficient (Wildman–Crippen LogP) is 3.80. The number of pyridine rings is 1. The fourth-order valence-electron chi connectivity index (χ4n) is 2.16. The molecule has 5 nitrogen and oxygen atoms in total. The molecule has 0 aliphatic heterocycles. The molecule has 0 saturated heterocycles.